The summed E-state index contributed by atoms with van der Waals surface area (Å²) in [5.41, 5.74) is 1.20. The topological polar surface area (TPSA) is 92.0 Å². The molecule has 5 nitrogen and oxygen atoms in total. The largest absolute Gasteiger partial charge is 0.493 e. The monoisotopic (exact) mass is 255 g/mol. The lowest BCUT2D eigenvalue weighted by molar-refractivity contribution is 0.422. The van der Waals surface area contributed by atoms with E-state index >= 15 is 0 Å². The number of benzene rings is 1. The van der Waals surface area contributed by atoms with Crippen molar-refractivity contribution in [1.29, 1.82) is 5.26 Å². The molecule has 1 heterocycles. The standard InChI is InChI=1S/C14H13N3O2/c1-9-11(7-10-5-3-2-4-6-10)13(18)17(16)14(19)12(9)8-15/h2-6,18H,7,16H2,1H3. The average molecular weight is 255 g/mol. The molecule has 0 saturated heterocycles. The maximum Gasteiger partial charge on any atom is 0.289 e. The molecule has 0 spiro atoms. The van der Waals surface area contributed by atoms with E-state index in [1.807, 2.05) is 36.4 Å². The maximum atomic E-state index is 11.7. The number of nitrogen functional groups attached to an aromatic ring is 1. The van der Waals surface area contributed by atoms with Crippen molar-refractivity contribution in [1.82, 2.24) is 4.68 Å². The second kappa shape index (κ2) is 4.86. The van der Waals surface area contributed by atoms with Gasteiger partial charge in [0.05, 0.1) is 0 Å². The van der Waals surface area contributed by atoms with Gasteiger partial charge in [0.25, 0.3) is 5.56 Å². The zero-order valence-corrected chi connectivity index (χ0v) is 10.4. The Hall–Kier alpha value is -2.74. The summed E-state index contributed by atoms with van der Waals surface area (Å²) in [5.74, 6) is 5.18. The van der Waals surface area contributed by atoms with Crippen LogP contribution in [0.1, 0.15) is 22.3 Å². The lowest BCUT2D eigenvalue weighted by Crippen LogP contribution is -2.31. The van der Waals surface area contributed by atoms with E-state index in [9.17, 15) is 9.90 Å². The maximum absolute atomic E-state index is 11.7. The van der Waals surface area contributed by atoms with Gasteiger partial charge >= 0.3 is 0 Å². The van der Waals surface area contributed by atoms with Crippen molar-refractivity contribution in [3.05, 3.63) is 62.9 Å². The number of pyridine rings is 1. The van der Waals surface area contributed by atoms with Crippen LogP contribution in [0.25, 0.3) is 0 Å². The summed E-state index contributed by atoms with van der Waals surface area (Å²) in [6.45, 7) is 1.64. The van der Waals surface area contributed by atoms with E-state index in [-0.39, 0.29) is 11.4 Å². The highest BCUT2D eigenvalue weighted by molar-refractivity contribution is 5.47. The van der Waals surface area contributed by atoms with Crippen molar-refractivity contribution in [2.45, 2.75) is 13.3 Å². The third kappa shape index (κ3) is 2.16. The van der Waals surface area contributed by atoms with Crippen LogP contribution >= 0.6 is 0 Å². The van der Waals surface area contributed by atoms with Gasteiger partial charge in [0.1, 0.15) is 11.6 Å². The first-order valence-corrected chi connectivity index (χ1v) is 5.72. The number of aromatic hydroxyl groups is 1. The molecule has 3 N–H and O–H groups in total. The summed E-state index contributed by atoms with van der Waals surface area (Å²) >= 11 is 0. The number of nitriles is 1. The van der Waals surface area contributed by atoms with Gasteiger partial charge in [0, 0.05) is 12.0 Å². The predicted octanol–water partition coefficient (Wildman–Crippen LogP) is 1.04. The molecule has 1 aromatic heterocycles. The van der Waals surface area contributed by atoms with Gasteiger partial charge in [-0.1, -0.05) is 30.3 Å². The highest BCUT2D eigenvalue weighted by atomic mass is 16.3. The van der Waals surface area contributed by atoms with E-state index < -0.39 is 5.56 Å². The van der Waals surface area contributed by atoms with Crippen LogP contribution in [0.4, 0.5) is 0 Å². The molecule has 96 valence electrons. The summed E-state index contributed by atoms with van der Waals surface area (Å²) in [7, 11) is 0. The van der Waals surface area contributed by atoms with E-state index in [2.05, 4.69) is 0 Å². The third-order valence-corrected chi connectivity index (χ3v) is 3.09. The lowest BCUT2D eigenvalue weighted by Gasteiger charge is -2.12. The fourth-order valence-corrected chi connectivity index (χ4v) is 1.98. The quantitative estimate of drug-likeness (QED) is 0.784. The Bertz CT molecular complexity index is 712. The van der Waals surface area contributed by atoms with Crippen LogP contribution in [0.5, 0.6) is 5.88 Å². The smallest absolute Gasteiger partial charge is 0.289 e. The predicted molar refractivity (Wildman–Crippen MR) is 71.2 cm³/mol. The number of hydrogen-bond acceptors (Lipinski definition) is 4. The molecule has 1 aromatic carbocycles. The summed E-state index contributed by atoms with van der Waals surface area (Å²) in [5, 5.41) is 19.0. The molecule has 0 aliphatic rings. The first-order chi connectivity index (χ1) is 9.06. The molecule has 2 aromatic rings. The molecule has 5 heteroatoms. The van der Waals surface area contributed by atoms with Crippen molar-refractivity contribution >= 4 is 0 Å². The molecule has 0 radical (unpaired) electrons. The van der Waals surface area contributed by atoms with Gasteiger partial charge in [-0.05, 0) is 18.1 Å². The lowest BCUT2D eigenvalue weighted by atomic mass is 9.99. The molecule has 19 heavy (non-hydrogen) atoms. The Balaban J connectivity index is 2.62. The molecule has 0 bridgehead atoms. The van der Waals surface area contributed by atoms with Crippen molar-refractivity contribution in [3.8, 4) is 11.9 Å². The molecule has 0 saturated carbocycles. The van der Waals surface area contributed by atoms with Gasteiger partial charge in [0.2, 0.25) is 5.88 Å². The van der Waals surface area contributed by atoms with E-state index in [4.69, 9.17) is 11.1 Å². The van der Waals surface area contributed by atoms with Crippen LogP contribution in [0, 0.1) is 18.3 Å². The van der Waals surface area contributed by atoms with Gasteiger partial charge in [-0.2, -0.15) is 9.94 Å². The zero-order chi connectivity index (χ0) is 14.0. The van der Waals surface area contributed by atoms with Gasteiger partial charge < -0.3 is 10.9 Å². The van der Waals surface area contributed by atoms with E-state index in [1.165, 1.54) is 0 Å². The molecule has 0 aliphatic carbocycles. The first-order valence-electron chi connectivity index (χ1n) is 5.72. The molecule has 0 atom stereocenters. The summed E-state index contributed by atoms with van der Waals surface area (Å²) in [4.78, 5) is 11.7. The van der Waals surface area contributed by atoms with E-state index in [1.54, 1.807) is 6.92 Å². The minimum atomic E-state index is -0.686. The molecular weight excluding hydrogens is 242 g/mol. The highest BCUT2D eigenvalue weighted by Crippen LogP contribution is 2.23. The SMILES string of the molecule is Cc1c(Cc2ccccc2)c(O)n(N)c(=O)c1C#N. The minimum Gasteiger partial charge on any atom is -0.493 e. The van der Waals surface area contributed by atoms with Crippen molar-refractivity contribution in [3.63, 3.8) is 0 Å². The minimum absolute atomic E-state index is 0.0359. The second-order valence-electron chi connectivity index (χ2n) is 4.25. The second-order valence-corrected chi connectivity index (χ2v) is 4.25. The van der Waals surface area contributed by atoms with Crippen LogP contribution < -0.4 is 11.4 Å². The fourth-order valence-electron chi connectivity index (χ4n) is 1.98. The number of nitrogens with zero attached hydrogens (tertiary/aromatic N) is 2. The molecule has 2 rings (SSSR count). The van der Waals surface area contributed by atoms with Crippen molar-refractivity contribution in [2.75, 3.05) is 5.84 Å². The fraction of sp³-hybridized carbons (Fsp3) is 0.143. The Morgan fingerprint density at radius 1 is 1.37 bits per heavy atom. The number of aromatic nitrogens is 1. The van der Waals surface area contributed by atoms with Crippen LogP contribution in [-0.2, 0) is 6.42 Å². The number of nitrogens with two attached hydrogens (primary N) is 1. The molecular formula is C14H13N3O2. The Morgan fingerprint density at radius 2 is 2.00 bits per heavy atom. The van der Waals surface area contributed by atoms with Crippen LogP contribution in [0.15, 0.2) is 35.1 Å². The summed E-state index contributed by atoms with van der Waals surface area (Å²) in [6, 6.07) is 11.3. The van der Waals surface area contributed by atoms with Crippen LogP contribution in [0.2, 0.25) is 0 Å². The summed E-state index contributed by atoms with van der Waals surface area (Å²) in [6.07, 6.45) is 0.407. The normalized spacial score (nSPS) is 10.1. The molecule has 0 aliphatic heterocycles. The Kier molecular flexibility index (Phi) is 3.25. The van der Waals surface area contributed by atoms with E-state index in [0.29, 0.717) is 22.2 Å². The Labute approximate surface area is 110 Å². The molecule has 0 unspecified atom stereocenters. The zero-order valence-electron chi connectivity index (χ0n) is 10.4. The van der Waals surface area contributed by atoms with Gasteiger partial charge in [0.15, 0.2) is 0 Å². The number of rotatable bonds is 2. The number of hydrogen-bond donors (Lipinski definition) is 2. The van der Waals surface area contributed by atoms with Crippen LogP contribution in [0.3, 0.4) is 0 Å². The van der Waals surface area contributed by atoms with Crippen molar-refractivity contribution < 1.29 is 5.11 Å². The van der Waals surface area contributed by atoms with E-state index in [0.717, 1.165) is 5.56 Å². The van der Waals surface area contributed by atoms with Gasteiger partial charge in [-0.3, -0.25) is 4.79 Å². The molecule has 0 amide bonds. The highest BCUT2D eigenvalue weighted by Gasteiger charge is 2.17. The van der Waals surface area contributed by atoms with Gasteiger partial charge in [-0.15, -0.1) is 0 Å². The van der Waals surface area contributed by atoms with Gasteiger partial charge in [-0.25, -0.2) is 0 Å². The van der Waals surface area contributed by atoms with Crippen LogP contribution in [-0.4, -0.2) is 9.78 Å². The molecule has 0 fully saturated rings. The Morgan fingerprint density at radius 3 is 2.58 bits per heavy atom. The first kappa shape index (κ1) is 12.7. The third-order valence-electron chi connectivity index (χ3n) is 3.09. The van der Waals surface area contributed by atoms with Crippen molar-refractivity contribution in [2.24, 2.45) is 0 Å². The summed E-state index contributed by atoms with van der Waals surface area (Å²) < 4.78 is 0.615. The average Bonchev–Trinajstić information content (AvgIpc) is 2.43.